The number of hydrogen-bond donors (Lipinski definition) is 3. The van der Waals surface area contributed by atoms with Gasteiger partial charge < -0.3 is 19.5 Å². The molecule has 3 heterocycles. The van der Waals surface area contributed by atoms with Gasteiger partial charge in [-0.15, -0.1) is 0 Å². The second-order valence-electron chi connectivity index (χ2n) is 11.4. The number of aromatic amines is 1. The van der Waals surface area contributed by atoms with Crippen molar-refractivity contribution in [1.82, 2.24) is 9.55 Å². The van der Waals surface area contributed by atoms with E-state index in [1.807, 2.05) is 41.5 Å². The monoisotopic (exact) mass is 576 g/mol. The smallest absolute Gasteiger partial charge is 0.403 e. The first-order valence-electron chi connectivity index (χ1n) is 11.9. The molecular formula is C24H31F2N2O8PS. The number of alkyl halides is 1. The lowest BCUT2D eigenvalue weighted by atomic mass is 9.78. The van der Waals surface area contributed by atoms with Gasteiger partial charge in [0.15, 0.2) is 6.23 Å². The van der Waals surface area contributed by atoms with Gasteiger partial charge in [0.2, 0.25) is 0 Å². The van der Waals surface area contributed by atoms with Gasteiger partial charge in [-0.1, -0.05) is 53.8 Å². The SMILES string of the molecule is CC(C)(C)c1cc(C(C)(C)C)c2c(c1F)COP(=O)(OC[C@@]1(F)O[C@@H](n3ccc(=S)[nH]c3=O)[C@H](O)[C@@H]1O)O2. The molecule has 2 aliphatic rings. The number of ether oxygens (including phenoxy) is 1. The minimum atomic E-state index is -4.53. The molecule has 3 N–H and O–H groups in total. The zero-order valence-corrected chi connectivity index (χ0v) is 23.5. The molecule has 38 heavy (non-hydrogen) atoms. The number of nitrogens with zero attached hydrogens (tertiary/aromatic N) is 1. The van der Waals surface area contributed by atoms with Gasteiger partial charge in [-0.05, 0) is 28.5 Å². The van der Waals surface area contributed by atoms with Crippen LogP contribution in [0.2, 0.25) is 0 Å². The predicted molar refractivity (Wildman–Crippen MR) is 135 cm³/mol. The van der Waals surface area contributed by atoms with Gasteiger partial charge in [-0.3, -0.25) is 18.6 Å². The van der Waals surface area contributed by atoms with Crippen LogP contribution in [0.25, 0.3) is 0 Å². The Balaban J connectivity index is 1.61. The maximum absolute atomic E-state index is 15.6. The number of nitrogens with one attached hydrogen (secondary N) is 1. The Kier molecular flexibility index (Phi) is 7.31. The minimum absolute atomic E-state index is 0.0256. The van der Waals surface area contributed by atoms with Crippen molar-refractivity contribution in [2.45, 2.75) is 83.3 Å². The minimum Gasteiger partial charge on any atom is -0.403 e. The molecule has 0 radical (unpaired) electrons. The van der Waals surface area contributed by atoms with Crippen molar-refractivity contribution in [1.29, 1.82) is 0 Å². The molecule has 1 aromatic heterocycles. The molecule has 10 nitrogen and oxygen atoms in total. The summed E-state index contributed by atoms with van der Waals surface area (Å²) in [6.45, 7) is 9.51. The quantitative estimate of drug-likeness (QED) is 0.360. The number of fused-ring (bicyclic) bond motifs is 1. The number of benzene rings is 1. The highest BCUT2D eigenvalue weighted by Crippen LogP contribution is 2.58. The lowest BCUT2D eigenvalue weighted by Gasteiger charge is -2.34. The highest BCUT2D eigenvalue weighted by molar-refractivity contribution is 7.71. The van der Waals surface area contributed by atoms with Gasteiger partial charge in [0, 0.05) is 11.8 Å². The maximum Gasteiger partial charge on any atom is 0.530 e. The highest BCUT2D eigenvalue weighted by atomic mass is 32.1. The van der Waals surface area contributed by atoms with E-state index in [4.69, 9.17) is 30.5 Å². The number of aromatic nitrogens is 2. The zero-order chi connectivity index (χ0) is 28.4. The molecule has 0 aliphatic carbocycles. The molecule has 0 bridgehead atoms. The Bertz CT molecular complexity index is 1420. The van der Waals surface area contributed by atoms with Crippen LogP contribution in [0.3, 0.4) is 0 Å². The maximum atomic E-state index is 15.6. The van der Waals surface area contributed by atoms with E-state index in [0.29, 0.717) is 11.1 Å². The second-order valence-corrected chi connectivity index (χ2v) is 13.5. The summed E-state index contributed by atoms with van der Waals surface area (Å²) in [5.74, 6) is -3.70. The van der Waals surface area contributed by atoms with E-state index in [1.165, 1.54) is 6.07 Å². The van der Waals surface area contributed by atoms with E-state index in [9.17, 15) is 19.6 Å². The van der Waals surface area contributed by atoms with Crippen LogP contribution in [0.4, 0.5) is 8.78 Å². The lowest BCUT2D eigenvalue weighted by molar-refractivity contribution is -0.205. The Hall–Kier alpha value is -1.99. The zero-order valence-electron chi connectivity index (χ0n) is 21.8. The third-order valence-corrected chi connectivity index (χ3v) is 7.95. The first-order valence-corrected chi connectivity index (χ1v) is 13.7. The number of H-pyrrole nitrogens is 1. The van der Waals surface area contributed by atoms with E-state index < -0.39 is 67.7 Å². The van der Waals surface area contributed by atoms with Crippen molar-refractivity contribution in [2.75, 3.05) is 6.61 Å². The molecule has 0 spiro atoms. The van der Waals surface area contributed by atoms with Gasteiger partial charge in [0.05, 0.1) is 12.2 Å². The molecular weight excluding hydrogens is 545 g/mol. The molecule has 1 unspecified atom stereocenters. The average Bonchev–Trinajstić information content (AvgIpc) is 3.01. The van der Waals surface area contributed by atoms with Crippen molar-refractivity contribution in [3.63, 3.8) is 0 Å². The number of hydrogen-bond acceptors (Lipinski definition) is 9. The molecule has 0 amide bonds. The van der Waals surface area contributed by atoms with Gasteiger partial charge >= 0.3 is 13.5 Å². The fraction of sp³-hybridized carbons (Fsp3) is 0.583. The van der Waals surface area contributed by atoms with Crippen LogP contribution in [0, 0.1) is 10.5 Å². The molecule has 2 aliphatic heterocycles. The summed E-state index contributed by atoms with van der Waals surface area (Å²) in [7, 11) is -4.53. The third kappa shape index (κ3) is 5.25. The number of aliphatic hydroxyl groups excluding tert-OH is 2. The van der Waals surface area contributed by atoms with Crippen LogP contribution < -0.4 is 10.2 Å². The van der Waals surface area contributed by atoms with Crippen LogP contribution in [-0.4, -0.2) is 44.4 Å². The van der Waals surface area contributed by atoms with Crippen molar-refractivity contribution in [3.05, 3.63) is 56.0 Å². The first kappa shape index (κ1) is 29.0. The number of rotatable bonds is 4. The second kappa shape index (κ2) is 9.58. The van der Waals surface area contributed by atoms with Gasteiger partial charge in [0.1, 0.15) is 35.0 Å². The molecule has 14 heteroatoms. The Morgan fingerprint density at radius 3 is 2.45 bits per heavy atom. The van der Waals surface area contributed by atoms with Crippen LogP contribution in [0.15, 0.2) is 23.1 Å². The van der Waals surface area contributed by atoms with E-state index in [2.05, 4.69) is 4.98 Å². The Morgan fingerprint density at radius 2 is 1.87 bits per heavy atom. The Morgan fingerprint density at radius 1 is 1.24 bits per heavy atom. The predicted octanol–water partition coefficient (Wildman–Crippen LogP) is 4.29. The molecule has 1 fully saturated rings. The third-order valence-electron chi connectivity index (χ3n) is 6.41. The molecule has 1 aromatic carbocycles. The molecule has 5 atom stereocenters. The van der Waals surface area contributed by atoms with E-state index in [0.717, 1.165) is 10.8 Å². The van der Waals surface area contributed by atoms with Gasteiger partial charge in [-0.2, -0.15) is 0 Å². The molecule has 4 rings (SSSR count). The van der Waals surface area contributed by atoms with E-state index in [-0.39, 0.29) is 16.0 Å². The summed E-state index contributed by atoms with van der Waals surface area (Å²) >= 11 is 4.85. The topological polar surface area (TPSA) is 132 Å². The van der Waals surface area contributed by atoms with Gasteiger partial charge in [0.25, 0.3) is 5.85 Å². The summed E-state index contributed by atoms with van der Waals surface area (Å²) < 4.78 is 66.5. The number of phosphoric acid groups is 1. The Labute approximate surface area is 223 Å². The number of halogens is 2. The van der Waals surface area contributed by atoms with Crippen LogP contribution in [0.1, 0.15) is 64.5 Å². The van der Waals surface area contributed by atoms with Crippen molar-refractivity contribution in [3.8, 4) is 5.75 Å². The van der Waals surface area contributed by atoms with Crippen molar-refractivity contribution >= 4 is 20.0 Å². The van der Waals surface area contributed by atoms with E-state index >= 15 is 8.78 Å². The summed E-state index contributed by atoms with van der Waals surface area (Å²) in [6, 6.07) is 2.96. The van der Waals surface area contributed by atoms with E-state index in [1.54, 1.807) is 6.07 Å². The molecule has 0 saturated carbocycles. The summed E-state index contributed by atoms with van der Waals surface area (Å²) in [5, 5.41) is 20.7. The molecule has 1 saturated heterocycles. The van der Waals surface area contributed by atoms with Crippen LogP contribution in [0.5, 0.6) is 5.75 Å². The fourth-order valence-corrected chi connectivity index (χ4v) is 5.65. The van der Waals surface area contributed by atoms with Crippen LogP contribution >= 0.6 is 20.0 Å². The molecule has 2 aromatic rings. The average molecular weight is 577 g/mol. The van der Waals surface area contributed by atoms with Crippen molar-refractivity contribution < 1.29 is 41.9 Å². The first-order chi connectivity index (χ1) is 17.4. The summed E-state index contributed by atoms with van der Waals surface area (Å²) in [5.41, 5.74) is -0.888. The number of aliphatic hydroxyl groups is 2. The normalized spacial score (nSPS) is 29.7. The summed E-state index contributed by atoms with van der Waals surface area (Å²) in [4.78, 5) is 14.5. The number of phosphoric ester groups is 1. The largest absolute Gasteiger partial charge is 0.530 e. The summed E-state index contributed by atoms with van der Waals surface area (Å²) in [6.07, 6.45) is -4.57. The van der Waals surface area contributed by atoms with Crippen LogP contribution in [-0.2, 0) is 35.8 Å². The lowest BCUT2D eigenvalue weighted by Crippen LogP contribution is -2.43. The highest BCUT2D eigenvalue weighted by Gasteiger charge is 2.58. The van der Waals surface area contributed by atoms with Gasteiger partial charge in [-0.25, -0.2) is 18.1 Å². The fourth-order valence-electron chi connectivity index (χ4n) is 4.27. The molecule has 210 valence electrons. The van der Waals surface area contributed by atoms with Crippen molar-refractivity contribution in [2.24, 2.45) is 0 Å². The standard InChI is InChI=1S/C24H31F2N2O8PS/c1-22(2,3)13-9-14(23(4,5)6)18-12(16(13)25)10-33-37(32,36-18)34-11-24(26)19(30)17(29)20(35-24)28-8-7-15(38)27-21(28)31/h7-9,17,19-20,29-30H,10-11H2,1-6H3,(H,27,31,38)/t17-,19+,20-,24-,37?/m1/s1.